The Morgan fingerprint density at radius 3 is 2.19 bits per heavy atom. The molecule has 0 aromatic heterocycles. The number of hydrogen-bond acceptors (Lipinski definition) is 4. The van der Waals surface area contributed by atoms with Gasteiger partial charge in [-0.3, -0.25) is 19.3 Å². The highest BCUT2D eigenvalue weighted by molar-refractivity contribution is 6.21. The molecule has 0 bridgehead atoms. The molecule has 0 radical (unpaired) electrons. The summed E-state index contributed by atoms with van der Waals surface area (Å²) in [6.07, 6.45) is 1.17. The Bertz CT molecular complexity index is 881. The molecule has 2 aromatic rings. The summed E-state index contributed by atoms with van der Waals surface area (Å²) >= 11 is 0. The average Bonchev–Trinajstić information content (AvgIpc) is 2.98. The van der Waals surface area contributed by atoms with Crippen LogP contribution in [0.3, 0.4) is 0 Å². The fourth-order valence-corrected chi connectivity index (χ4v) is 3.81. The minimum absolute atomic E-state index is 0.0605. The molecule has 0 atom stereocenters. The summed E-state index contributed by atoms with van der Waals surface area (Å²) in [5, 5.41) is 0. The number of piperidine rings is 1. The smallest absolute Gasteiger partial charge is 0.261 e. The van der Waals surface area contributed by atoms with Crippen LogP contribution in [-0.2, 0) is 0 Å². The van der Waals surface area contributed by atoms with E-state index in [1.54, 1.807) is 60.5 Å². The summed E-state index contributed by atoms with van der Waals surface area (Å²) in [7, 11) is 1.57. The van der Waals surface area contributed by atoms with Gasteiger partial charge in [-0.2, -0.15) is 0 Å². The third-order valence-corrected chi connectivity index (χ3v) is 5.26. The zero-order valence-electron chi connectivity index (χ0n) is 15.1. The van der Waals surface area contributed by atoms with Crippen LogP contribution in [-0.4, -0.2) is 53.8 Å². The number of imide groups is 1. The summed E-state index contributed by atoms with van der Waals surface area (Å²) in [5.74, 6) is 0.123. The normalized spacial score (nSPS) is 17.2. The first kappa shape index (κ1) is 17.3. The molecule has 0 spiro atoms. The van der Waals surface area contributed by atoms with Gasteiger partial charge in [0, 0.05) is 24.7 Å². The largest absolute Gasteiger partial charge is 0.497 e. The number of amides is 3. The fourth-order valence-electron chi connectivity index (χ4n) is 3.81. The number of benzene rings is 2. The van der Waals surface area contributed by atoms with Crippen LogP contribution < -0.4 is 4.74 Å². The second kappa shape index (κ2) is 6.87. The molecule has 1 fully saturated rings. The zero-order valence-corrected chi connectivity index (χ0v) is 15.1. The molecule has 3 amide bonds. The molecule has 2 aliphatic heterocycles. The molecule has 2 aliphatic rings. The van der Waals surface area contributed by atoms with E-state index in [1.165, 1.54) is 4.90 Å². The van der Waals surface area contributed by atoms with Gasteiger partial charge in [0.2, 0.25) is 0 Å². The number of likely N-dealkylation sites (tertiary alicyclic amines) is 1. The van der Waals surface area contributed by atoms with Crippen LogP contribution in [0.1, 0.15) is 43.9 Å². The van der Waals surface area contributed by atoms with Gasteiger partial charge in [0.1, 0.15) is 5.75 Å². The van der Waals surface area contributed by atoms with E-state index in [4.69, 9.17) is 4.74 Å². The SMILES string of the molecule is COc1cccc(C(=O)N2CCC(N3C(=O)c4ccccc4C3=O)CC2)c1. The summed E-state index contributed by atoms with van der Waals surface area (Å²) in [5.41, 5.74) is 1.52. The predicted molar refractivity (Wildman–Crippen MR) is 98.9 cm³/mol. The van der Waals surface area contributed by atoms with Gasteiger partial charge >= 0.3 is 0 Å². The lowest BCUT2D eigenvalue weighted by molar-refractivity contribution is 0.0478. The zero-order chi connectivity index (χ0) is 19.0. The average molecular weight is 364 g/mol. The number of carbonyl (C=O) groups excluding carboxylic acids is 3. The highest BCUT2D eigenvalue weighted by Gasteiger charge is 2.41. The van der Waals surface area contributed by atoms with Crippen LogP contribution in [0.15, 0.2) is 48.5 Å². The minimum Gasteiger partial charge on any atom is -0.497 e. The monoisotopic (exact) mass is 364 g/mol. The number of carbonyl (C=O) groups is 3. The van der Waals surface area contributed by atoms with Gasteiger partial charge in [-0.1, -0.05) is 18.2 Å². The van der Waals surface area contributed by atoms with Gasteiger partial charge in [0.05, 0.1) is 18.2 Å². The van der Waals surface area contributed by atoms with Crippen molar-refractivity contribution in [1.29, 1.82) is 0 Å². The molecule has 4 rings (SSSR count). The van der Waals surface area contributed by atoms with E-state index in [0.717, 1.165) is 0 Å². The Balaban J connectivity index is 1.44. The molecule has 0 N–H and O–H groups in total. The lowest BCUT2D eigenvalue weighted by Crippen LogP contribution is -2.48. The molecule has 138 valence electrons. The predicted octanol–water partition coefficient (Wildman–Crippen LogP) is 2.60. The Kier molecular flexibility index (Phi) is 4.39. The van der Waals surface area contributed by atoms with Gasteiger partial charge in [-0.15, -0.1) is 0 Å². The topological polar surface area (TPSA) is 66.9 Å². The van der Waals surface area contributed by atoms with Gasteiger partial charge in [-0.25, -0.2) is 0 Å². The van der Waals surface area contributed by atoms with Crippen molar-refractivity contribution in [2.24, 2.45) is 0 Å². The van der Waals surface area contributed by atoms with Crippen molar-refractivity contribution in [3.8, 4) is 5.75 Å². The molecule has 0 saturated carbocycles. The third kappa shape index (κ3) is 2.97. The lowest BCUT2D eigenvalue weighted by Gasteiger charge is -2.35. The second-order valence-electron chi connectivity index (χ2n) is 6.78. The molecule has 0 aliphatic carbocycles. The molecular formula is C21H20N2O4. The van der Waals surface area contributed by atoms with E-state index in [2.05, 4.69) is 0 Å². The van der Waals surface area contributed by atoms with Crippen LogP contribution in [0.4, 0.5) is 0 Å². The van der Waals surface area contributed by atoms with Crippen molar-refractivity contribution in [2.75, 3.05) is 20.2 Å². The summed E-state index contributed by atoms with van der Waals surface area (Å²) in [4.78, 5) is 41.1. The van der Waals surface area contributed by atoms with Crippen LogP contribution in [0.25, 0.3) is 0 Å². The fraction of sp³-hybridized carbons (Fsp3) is 0.286. The molecule has 1 saturated heterocycles. The molecule has 27 heavy (non-hydrogen) atoms. The first-order chi connectivity index (χ1) is 13.1. The lowest BCUT2D eigenvalue weighted by atomic mass is 10.0. The summed E-state index contributed by atoms with van der Waals surface area (Å²) in [6.45, 7) is 1.02. The maximum absolute atomic E-state index is 12.7. The van der Waals surface area contributed by atoms with Crippen molar-refractivity contribution in [3.05, 3.63) is 65.2 Å². The Labute approximate surface area is 157 Å². The van der Waals surface area contributed by atoms with E-state index in [0.29, 0.717) is 48.4 Å². The highest BCUT2D eigenvalue weighted by Crippen LogP contribution is 2.29. The van der Waals surface area contributed by atoms with E-state index in [9.17, 15) is 14.4 Å². The number of fused-ring (bicyclic) bond motifs is 1. The van der Waals surface area contributed by atoms with Crippen LogP contribution in [0.2, 0.25) is 0 Å². The van der Waals surface area contributed by atoms with E-state index in [1.807, 2.05) is 0 Å². The maximum atomic E-state index is 12.7. The molecule has 0 unspecified atom stereocenters. The van der Waals surface area contributed by atoms with Crippen molar-refractivity contribution >= 4 is 17.7 Å². The number of methoxy groups -OCH3 is 1. The molecule has 2 aromatic carbocycles. The quantitative estimate of drug-likeness (QED) is 0.785. The van der Waals surface area contributed by atoms with Gasteiger partial charge in [0.25, 0.3) is 17.7 Å². The Morgan fingerprint density at radius 1 is 0.963 bits per heavy atom. The number of hydrogen-bond donors (Lipinski definition) is 0. The van der Waals surface area contributed by atoms with Crippen LogP contribution in [0, 0.1) is 0 Å². The number of rotatable bonds is 3. The minimum atomic E-state index is -0.229. The maximum Gasteiger partial charge on any atom is 0.261 e. The Morgan fingerprint density at radius 2 is 1.59 bits per heavy atom. The molecule has 6 heteroatoms. The molecule has 2 heterocycles. The third-order valence-electron chi connectivity index (χ3n) is 5.26. The number of ether oxygens (including phenoxy) is 1. The Hall–Kier alpha value is -3.15. The van der Waals surface area contributed by atoms with E-state index < -0.39 is 0 Å². The second-order valence-corrected chi connectivity index (χ2v) is 6.78. The standard InChI is InChI=1S/C21H20N2O4/c1-27-16-6-4-5-14(13-16)19(24)22-11-9-15(10-12-22)23-20(25)17-7-2-3-8-18(17)21(23)26/h2-8,13,15H,9-12H2,1H3. The van der Waals surface area contributed by atoms with Crippen LogP contribution >= 0.6 is 0 Å². The van der Waals surface area contributed by atoms with Crippen molar-refractivity contribution < 1.29 is 19.1 Å². The van der Waals surface area contributed by atoms with Crippen molar-refractivity contribution in [2.45, 2.75) is 18.9 Å². The first-order valence-electron chi connectivity index (χ1n) is 9.00. The molecule has 6 nitrogen and oxygen atoms in total. The summed E-state index contributed by atoms with van der Waals surface area (Å²) < 4.78 is 5.18. The van der Waals surface area contributed by atoms with E-state index >= 15 is 0 Å². The number of nitrogens with zero attached hydrogens (tertiary/aromatic N) is 2. The van der Waals surface area contributed by atoms with Crippen molar-refractivity contribution in [1.82, 2.24) is 9.80 Å². The first-order valence-corrected chi connectivity index (χ1v) is 9.00. The highest BCUT2D eigenvalue weighted by atomic mass is 16.5. The van der Waals surface area contributed by atoms with Crippen LogP contribution in [0.5, 0.6) is 5.75 Å². The van der Waals surface area contributed by atoms with Gasteiger partial charge in [0.15, 0.2) is 0 Å². The van der Waals surface area contributed by atoms with Gasteiger partial charge in [-0.05, 0) is 43.2 Å². The summed E-state index contributed by atoms with van der Waals surface area (Å²) in [6, 6.07) is 13.8. The van der Waals surface area contributed by atoms with Gasteiger partial charge < -0.3 is 9.64 Å². The molecular weight excluding hydrogens is 344 g/mol. The van der Waals surface area contributed by atoms with E-state index in [-0.39, 0.29) is 23.8 Å². The van der Waals surface area contributed by atoms with Crippen molar-refractivity contribution in [3.63, 3.8) is 0 Å².